The summed E-state index contributed by atoms with van der Waals surface area (Å²) in [5.74, 6) is 0. The van der Waals surface area contributed by atoms with Crippen LogP contribution in [0, 0.1) is 0 Å². The van der Waals surface area contributed by atoms with Gasteiger partial charge in [-0.2, -0.15) is 0 Å². The van der Waals surface area contributed by atoms with Crippen molar-refractivity contribution in [2.24, 2.45) is 0 Å². The molecule has 1 aliphatic rings. The minimum absolute atomic E-state index is 0.279. The van der Waals surface area contributed by atoms with Crippen LogP contribution >= 0.6 is 0 Å². The van der Waals surface area contributed by atoms with Crippen molar-refractivity contribution in [1.82, 2.24) is 15.3 Å². The lowest BCUT2D eigenvalue weighted by Gasteiger charge is -2.14. The number of aromatic amines is 1. The third kappa shape index (κ3) is 2.80. The van der Waals surface area contributed by atoms with E-state index in [0.717, 1.165) is 12.2 Å². The first-order chi connectivity index (χ1) is 6.95. The highest BCUT2D eigenvalue weighted by atomic mass is 16.5. The first-order valence-corrected chi connectivity index (χ1v) is 4.81. The predicted molar refractivity (Wildman–Crippen MR) is 50.9 cm³/mol. The van der Waals surface area contributed by atoms with Gasteiger partial charge >= 0.3 is 0 Å². The molecule has 78 valence electrons. The van der Waals surface area contributed by atoms with E-state index in [1.165, 1.54) is 0 Å². The minimum Gasteiger partial charge on any atom is -0.377 e. The molecule has 2 rings (SSSR count). The predicted octanol–water partition coefficient (Wildman–Crippen LogP) is -0.0853. The number of imidazole rings is 1. The van der Waals surface area contributed by atoms with Gasteiger partial charge in [-0.05, 0) is 0 Å². The van der Waals surface area contributed by atoms with E-state index in [1.54, 1.807) is 6.33 Å². The maximum Gasteiger partial charge on any atom is 0.0922 e. The molecule has 0 saturated carbocycles. The van der Waals surface area contributed by atoms with Crippen LogP contribution in [-0.4, -0.2) is 42.4 Å². The van der Waals surface area contributed by atoms with Crippen LogP contribution in [0.15, 0.2) is 12.5 Å². The Morgan fingerprint density at radius 1 is 1.43 bits per heavy atom. The average molecular weight is 197 g/mol. The second-order valence-corrected chi connectivity index (χ2v) is 3.30. The molecule has 0 atom stereocenters. The van der Waals surface area contributed by atoms with Crippen LogP contribution in [-0.2, 0) is 16.0 Å². The maximum absolute atomic E-state index is 5.36. The second-order valence-electron chi connectivity index (χ2n) is 3.30. The molecule has 5 nitrogen and oxygen atoms in total. The van der Waals surface area contributed by atoms with Crippen LogP contribution in [0.25, 0.3) is 0 Å². The summed E-state index contributed by atoms with van der Waals surface area (Å²) in [4.78, 5) is 6.98. The Kier molecular flexibility index (Phi) is 3.50. The number of hydrogen-bond acceptors (Lipinski definition) is 4. The average Bonchev–Trinajstić information content (AvgIpc) is 2.58. The lowest BCUT2D eigenvalue weighted by Crippen LogP contribution is -2.35. The second kappa shape index (κ2) is 5.09. The van der Waals surface area contributed by atoms with E-state index in [1.807, 2.05) is 6.20 Å². The lowest BCUT2D eigenvalue weighted by atomic mass is 10.3. The molecule has 0 bridgehead atoms. The summed E-state index contributed by atoms with van der Waals surface area (Å²) >= 11 is 0. The van der Waals surface area contributed by atoms with Crippen molar-refractivity contribution < 1.29 is 9.47 Å². The van der Waals surface area contributed by atoms with Gasteiger partial charge < -0.3 is 19.8 Å². The zero-order valence-corrected chi connectivity index (χ0v) is 8.03. The molecular formula is C9H15N3O2. The molecule has 0 aliphatic carbocycles. The zero-order valence-electron chi connectivity index (χ0n) is 8.03. The fraction of sp³-hybridized carbons (Fsp3) is 0.667. The maximum atomic E-state index is 5.36. The van der Waals surface area contributed by atoms with Gasteiger partial charge in [-0.3, -0.25) is 0 Å². The van der Waals surface area contributed by atoms with Crippen LogP contribution in [0.4, 0.5) is 0 Å². The molecule has 0 unspecified atom stereocenters. The van der Waals surface area contributed by atoms with Crippen LogP contribution in [0.2, 0.25) is 0 Å². The quantitative estimate of drug-likeness (QED) is 0.711. The van der Waals surface area contributed by atoms with E-state index in [2.05, 4.69) is 15.3 Å². The van der Waals surface area contributed by atoms with Gasteiger partial charge in [-0.25, -0.2) is 4.98 Å². The normalized spacial score (nSPS) is 19.4. The van der Waals surface area contributed by atoms with Crippen LogP contribution < -0.4 is 5.32 Å². The summed E-state index contributed by atoms with van der Waals surface area (Å²) < 4.78 is 10.7. The van der Waals surface area contributed by atoms with Crippen molar-refractivity contribution in [3.05, 3.63) is 18.2 Å². The van der Waals surface area contributed by atoms with E-state index in [9.17, 15) is 0 Å². The highest BCUT2D eigenvalue weighted by Gasteiger charge is 2.11. The van der Waals surface area contributed by atoms with Crippen molar-refractivity contribution in [3.8, 4) is 0 Å². The monoisotopic (exact) mass is 197 g/mol. The van der Waals surface area contributed by atoms with Crippen molar-refractivity contribution in [1.29, 1.82) is 0 Å². The smallest absolute Gasteiger partial charge is 0.0922 e. The van der Waals surface area contributed by atoms with Gasteiger partial charge in [0.1, 0.15) is 0 Å². The summed E-state index contributed by atoms with van der Waals surface area (Å²) in [7, 11) is 0. The summed E-state index contributed by atoms with van der Waals surface area (Å²) in [5, 5.41) is 3.34. The number of aromatic nitrogens is 2. The number of H-pyrrole nitrogens is 1. The molecule has 1 fully saturated rings. The molecule has 1 saturated heterocycles. The van der Waals surface area contributed by atoms with Crippen molar-refractivity contribution in [2.45, 2.75) is 12.6 Å². The van der Waals surface area contributed by atoms with Gasteiger partial charge in [0, 0.05) is 18.4 Å². The molecule has 1 aromatic heterocycles. The molecular weight excluding hydrogens is 182 g/mol. The van der Waals surface area contributed by atoms with E-state index >= 15 is 0 Å². The summed E-state index contributed by atoms with van der Waals surface area (Å²) in [5.41, 5.74) is 1.08. The van der Waals surface area contributed by atoms with Gasteiger partial charge in [-0.1, -0.05) is 0 Å². The van der Waals surface area contributed by atoms with E-state index in [4.69, 9.17) is 9.47 Å². The molecule has 5 heteroatoms. The standard InChI is InChI=1S/C9H15N3O2/c1-2-14-6-9(5-13-1)11-4-8-3-10-7-12-8/h3,7,9,11H,1-2,4-6H2,(H,10,12). The third-order valence-electron chi connectivity index (χ3n) is 2.15. The Morgan fingerprint density at radius 2 is 2.21 bits per heavy atom. The Hall–Kier alpha value is -0.910. The topological polar surface area (TPSA) is 59.2 Å². The van der Waals surface area contributed by atoms with Crippen LogP contribution in [0.3, 0.4) is 0 Å². The molecule has 0 aromatic carbocycles. The van der Waals surface area contributed by atoms with Gasteiger partial charge in [0.25, 0.3) is 0 Å². The molecule has 0 spiro atoms. The number of hydrogen-bond donors (Lipinski definition) is 2. The molecule has 2 heterocycles. The van der Waals surface area contributed by atoms with Gasteiger partial charge in [0.15, 0.2) is 0 Å². The Balaban J connectivity index is 1.73. The number of ether oxygens (including phenoxy) is 2. The molecule has 14 heavy (non-hydrogen) atoms. The number of nitrogens with one attached hydrogen (secondary N) is 2. The molecule has 0 amide bonds. The first-order valence-electron chi connectivity index (χ1n) is 4.81. The van der Waals surface area contributed by atoms with Crippen molar-refractivity contribution in [3.63, 3.8) is 0 Å². The fourth-order valence-electron chi connectivity index (χ4n) is 1.37. The van der Waals surface area contributed by atoms with E-state index < -0.39 is 0 Å². The number of rotatable bonds is 3. The minimum atomic E-state index is 0.279. The van der Waals surface area contributed by atoms with Gasteiger partial charge in [0.05, 0.1) is 38.8 Å². The van der Waals surface area contributed by atoms with E-state index in [0.29, 0.717) is 26.4 Å². The Labute approximate surface area is 82.8 Å². The van der Waals surface area contributed by atoms with Crippen molar-refractivity contribution >= 4 is 0 Å². The Bertz CT molecular complexity index is 243. The highest BCUT2D eigenvalue weighted by Crippen LogP contribution is 1.97. The molecule has 0 radical (unpaired) electrons. The number of nitrogens with zero attached hydrogens (tertiary/aromatic N) is 1. The van der Waals surface area contributed by atoms with Crippen molar-refractivity contribution in [2.75, 3.05) is 26.4 Å². The Morgan fingerprint density at radius 3 is 2.86 bits per heavy atom. The van der Waals surface area contributed by atoms with Gasteiger partial charge in [0.2, 0.25) is 0 Å². The lowest BCUT2D eigenvalue weighted by molar-refractivity contribution is 0.103. The van der Waals surface area contributed by atoms with Gasteiger partial charge in [-0.15, -0.1) is 0 Å². The van der Waals surface area contributed by atoms with E-state index in [-0.39, 0.29) is 6.04 Å². The summed E-state index contributed by atoms with van der Waals surface area (Å²) in [6.45, 7) is 3.60. The molecule has 1 aromatic rings. The third-order valence-corrected chi connectivity index (χ3v) is 2.15. The first kappa shape index (κ1) is 9.64. The molecule has 2 N–H and O–H groups in total. The summed E-state index contributed by atoms with van der Waals surface area (Å²) in [6.07, 6.45) is 3.49. The highest BCUT2D eigenvalue weighted by molar-refractivity contribution is 4.93. The van der Waals surface area contributed by atoms with Crippen LogP contribution in [0.5, 0.6) is 0 Å². The fourth-order valence-corrected chi connectivity index (χ4v) is 1.37. The SMILES string of the molecule is c1ncc(CNC2COCCOC2)[nH]1. The van der Waals surface area contributed by atoms with Crippen LogP contribution in [0.1, 0.15) is 5.69 Å². The zero-order chi connectivity index (χ0) is 9.64. The largest absolute Gasteiger partial charge is 0.377 e. The molecule has 1 aliphatic heterocycles. The summed E-state index contributed by atoms with van der Waals surface area (Å²) in [6, 6.07) is 0.279.